The SMILES string of the molecule is CCC(=O)Cc1ccccc1.O=C(O)CCc1nc(-c2ccccc2)c(-c2ccccc2)o1. The van der Waals surface area contributed by atoms with Crippen LogP contribution in [0, 0.1) is 0 Å². The maximum absolute atomic E-state index is 11.0. The van der Waals surface area contributed by atoms with Crippen LogP contribution in [0.25, 0.3) is 22.6 Å². The molecule has 0 fully saturated rings. The molecule has 5 nitrogen and oxygen atoms in total. The van der Waals surface area contributed by atoms with Gasteiger partial charge >= 0.3 is 5.97 Å². The molecule has 4 aromatic rings. The van der Waals surface area contributed by atoms with Crippen LogP contribution in [0.15, 0.2) is 95.4 Å². The zero-order chi connectivity index (χ0) is 23.5. The minimum absolute atomic E-state index is 0.00295. The number of carbonyl (C=O) groups excluding carboxylic acids is 1. The third-order valence-electron chi connectivity index (χ3n) is 4.95. The summed E-state index contributed by atoms with van der Waals surface area (Å²) in [5, 5.41) is 8.82. The average Bonchev–Trinajstić information content (AvgIpc) is 3.29. The van der Waals surface area contributed by atoms with Crippen molar-refractivity contribution in [2.24, 2.45) is 0 Å². The van der Waals surface area contributed by atoms with Crippen molar-refractivity contribution in [2.75, 3.05) is 0 Å². The van der Waals surface area contributed by atoms with E-state index in [9.17, 15) is 9.59 Å². The Kier molecular flexibility index (Phi) is 8.71. The third kappa shape index (κ3) is 7.28. The molecule has 0 radical (unpaired) electrons. The molecular formula is C28H27NO4. The van der Waals surface area contributed by atoms with E-state index in [2.05, 4.69) is 4.98 Å². The van der Waals surface area contributed by atoms with Crippen molar-refractivity contribution in [1.82, 2.24) is 4.98 Å². The third-order valence-corrected chi connectivity index (χ3v) is 4.95. The molecule has 0 saturated carbocycles. The summed E-state index contributed by atoms with van der Waals surface area (Å²) in [6.45, 7) is 1.89. The molecule has 33 heavy (non-hydrogen) atoms. The molecule has 0 aliphatic rings. The van der Waals surface area contributed by atoms with Crippen molar-refractivity contribution < 1.29 is 19.1 Å². The van der Waals surface area contributed by atoms with Crippen molar-refractivity contribution in [2.45, 2.75) is 32.6 Å². The van der Waals surface area contributed by atoms with E-state index in [1.165, 1.54) is 0 Å². The van der Waals surface area contributed by atoms with Gasteiger partial charge in [0.25, 0.3) is 0 Å². The van der Waals surface area contributed by atoms with E-state index in [1.807, 2.05) is 97.9 Å². The highest BCUT2D eigenvalue weighted by Gasteiger charge is 2.17. The number of Topliss-reactive ketones (excluding diaryl/α,β-unsaturated/α-hetero) is 1. The lowest BCUT2D eigenvalue weighted by Gasteiger charge is -2.00. The van der Waals surface area contributed by atoms with Gasteiger partial charge in [0.1, 0.15) is 11.5 Å². The molecule has 4 rings (SSSR count). The molecule has 0 bridgehead atoms. The van der Waals surface area contributed by atoms with Crippen molar-refractivity contribution >= 4 is 11.8 Å². The minimum Gasteiger partial charge on any atom is -0.481 e. The van der Waals surface area contributed by atoms with Gasteiger partial charge in [0, 0.05) is 30.4 Å². The van der Waals surface area contributed by atoms with E-state index >= 15 is 0 Å². The molecule has 0 amide bonds. The Morgan fingerprint density at radius 2 is 1.36 bits per heavy atom. The number of carboxylic acids is 1. The van der Waals surface area contributed by atoms with Crippen LogP contribution in [0.3, 0.4) is 0 Å². The van der Waals surface area contributed by atoms with Gasteiger partial charge in [-0.05, 0) is 5.56 Å². The molecule has 1 N–H and O–H groups in total. The van der Waals surface area contributed by atoms with E-state index < -0.39 is 5.97 Å². The monoisotopic (exact) mass is 441 g/mol. The molecule has 0 unspecified atom stereocenters. The molecule has 0 spiro atoms. The summed E-state index contributed by atoms with van der Waals surface area (Å²) < 4.78 is 5.83. The van der Waals surface area contributed by atoms with Gasteiger partial charge in [0.2, 0.25) is 0 Å². The number of oxazole rings is 1. The maximum atomic E-state index is 11.0. The number of hydrogen-bond acceptors (Lipinski definition) is 4. The number of nitrogens with zero attached hydrogens (tertiary/aromatic N) is 1. The summed E-state index contributed by atoms with van der Waals surface area (Å²) in [5.41, 5.74) is 3.73. The Morgan fingerprint density at radius 3 is 1.91 bits per heavy atom. The number of hydrogen-bond donors (Lipinski definition) is 1. The van der Waals surface area contributed by atoms with E-state index in [4.69, 9.17) is 9.52 Å². The maximum Gasteiger partial charge on any atom is 0.303 e. The number of aromatic nitrogens is 1. The van der Waals surface area contributed by atoms with Gasteiger partial charge in [0.15, 0.2) is 11.7 Å². The lowest BCUT2D eigenvalue weighted by Crippen LogP contribution is -1.99. The summed E-state index contributed by atoms with van der Waals surface area (Å²) in [6.07, 6.45) is 1.50. The number of aliphatic carboxylic acids is 1. The second kappa shape index (κ2) is 12.2. The van der Waals surface area contributed by atoms with Gasteiger partial charge < -0.3 is 9.52 Å². The Bertz CT molecular complexity index is 1100. The largest absolute Gasteiger partial charge is 0.481 e. The molecule has 168 valence electrons. The number of aryl methyl sites for hydroxylation is 1. The minimum atomic E-state index is -0.860. The summed E-state index contributed by atoms with van der Waals surface area (Å²) in [4.78, 5) is 26.2. The standard InChI is InChI=1S/C18H15NO3.C10H12O/c20-16(21)12-11-15-19-17(13-7-3-1-4-8-13)18(22-15)14-9-5-2-6-10-14;1-2-10(11)8-9-6-4-3-5-7-9/h1-10H,11-12H2,(H,20,21);3-7H,2,8H2,1H3. The van der Waals surface area contributed by atoms with Crippen LogP contribution in [-0.2, 0) is 22.4 Å². The lowest BCUT2D eigenvalue weighted by molar-refractivity contribution is -0.137. The predicted molar refractivity (Wildman–Crippen MR) is 129 cm³/mol. The topological polar surface area (TPSA) is 80.4 Å². The first-order valence-corrected chi connectivity index (χ1v) is 10.9. The molecule has 5 heteroatoms. The van der Waals surface area contributed by atoms with Crippen LogP contribution in [0.5, 0.6) is 0 Å². The first kappa shape index (κ1) is 23.7. The van der Waals surface area contributed by atoms with Gasteiger partial charge in [-0.15, -0.1) is 0 Å². The number of carboxylic acid groups (broad SMARTS) is 1. The molecular weight excluding hydrogens is 414 g/mol. The second-order valence-corrected chi connectivity index (χ2v) is 7.47. The summed E-state index contributed by atoms with van der Waals surface area (Å²) in [7, 11) is 0. The zero-order valence-electron chi connectivity index (χ0n) is 18.6. The molecule has 0 saturated heterocycles. The number of ketones is 1. The summed E-state index contributed by atoms with van der Waals surface area (Å²) in [6, 6.07) is 29.3. The molecule has 1 aromatic heterocycles. The highest BCUT2D eigenvalue weighted by molar-refractivity contribution is 5.80. The molecule has 0 atom stereocenters. The van der Waals surface area contributed by atoms with Crippen LogP contribution < -0.4 is 0 Å². The number of benzene rings is 3. The Labute approximate surface area is 193 Å². The van der Waals surface area contributed by atoms with Gasteiger partial charge in [-0.25, -0.2) is 4.98 Å². The molecule has 3 aromatic carbocycles. The van der Waals surface area contributed by atoms with E-state index in [1.54, 1.807) is 0 Å². The van der Waals surface area contributed by atoms with Crippen molar-refractivity contribution in [3.8, 4) is 22.6 Å². The average molecular weight is 442 g/mol. The van der Waals surface area contributed by atoms with Gasteiger partial charge in [-0.3, -0.25) is 9.59 Å². The van der Waals surface area contributed by atoms with Gasteiger partial charge in [-0.2, -0.15) is 0 Å². The van der Waals surface area contributed by atoms with Crippen molar-refractivity contribution in [3.05, 3.63) is 102 Å². The van der Waals surface area contributed by atoms with Gasteiger partial charge in [0.05, 0.1) is 6.42 Å². The Balaban J connectivity index is 0.000000235. The number of rotatable bonds is 8. The van der Waals surface area contributed by atoms with Crippen molar-refractivity contribution in [3.63, 3.8) is 0 Å². The highest BCUT2D eigenvalue weighted by atomic mass is 16.4. The van der Waals surface area contributed by atoms with E-state index in [-0.39, 0.29) is 12.8 Å². The van der Waals surface area contributed by atoms with Crippen molar-refractivity contribution in [1.29, 1.82) is 0 Å². The zero-order valence-corrected chi connectivity index (χ0v) is 18.6. The van der Waals surface area contributed by atoms with Crippen LogP contribution in [0.2, 0.25) is 0 Å². The summed E-state index contributed by atoms with van der Waals surface area (Å²) in [5.74, 6) is 0.559. The fourth-order valence-corrected chi connectivity index (χ4v) is 3.21. The summed E-state index contributed by atoms with van der Waals surface area (Å²) >= 11 is 0. The smallest absolute Gasteiger partial charge is 0.303 e. The van der Waals surface area contributed by atoms with Crippen LogP contribution in [-0.4, -0.2) is 21.8 Å². The molecule has 0 aliphatic heterocycles. The molecule has 1 heterocycles. The Morgan fingerprint density at radius 1 is 0.818 bits per heavy atom. The van der Waals surface area contributed by atoms with E-state index in [0.29, 0.717) is 30.3 Å². The lowest BCUT2D eigenvalue weighted by atomic mass is 10.1. The van der Waals surface area contributed by atoms with Crippen LogP contribution >= 0.6 is 0 Å². The predicted octanol–water partition coefficient (Wildman–Crippen LogP) is 6.23. The molecule has 0 aliphatic carbocycles. The first-order valence-electron chi connectivity index (χ1n) is 10.9. The first-order chi connectivity index (χ1) is 16.1. The van der Waals surface area contributed by atoms with Crippen LogP contribution in [0.1, 0.15) is 31.2 Å². The van der Waals surface area contributed by atoms with Gasteiger partial charge in [-0.1, -0.05) is 97.9 Å². The Hall–Kier alpha value is -3.99. The fourth-order valence-electron chi connectivity index (χ4n) is 3.21. The highest BCUT2D eigenvalue weighted by Crippen LogP contribution is 2.32. The van der Waals surface area contributed by atoms with E-state index in [0.717, 1.165) is 22.4 Å². The fraction of sp³-hybridized carbons (Fsp3) is 0.179. The second-order valence-electron chi connectivity index (χ2n) is 7.47. The quantitative estimate of drug-likeness (QED) is 0.350. The normalized spacial score (nSPS) is 10.2. The number of carbonyl (C=O) groups is 2. The van der Waals surface area contributed by atoms with Crippen LogP contribution in [0.4, 0.5) is 0 Å².